The summed E-state index contributed by atoms with van der Waals surface area (Å²) in [7, 11) is 0. The van der Waals surface area contributed by atoms with Crippen molar-refractivity contribution in [3.63, 3.8) is 0 Å². The van der Waals surface area contributed by atoms with Crippen molar-refractivity contribution in [2.45, 2.75) is 38.0 Å². The maximum Gasteiger partial charge on any atom is 0.414 e. The van der Waals surface area contributed by atoms with Crippen molar-refractivity contribution in [2.75, 3.05) is 0 Å². The van der Waals surface area contributed by atoms with Crippen LogP contribution in [0.5, 0.6) is 0 Å². The van der Waals surface area contributed by atoms with Gasteiger partial charge in [-0.3, -0.25) is 0 Å². The summed E-state index contributed by atoms with van der Waals surface area (Å²) < 4.78 is 0. The number of benzene rings is 1. The molecule has 1 saturated heterocycles. The second-order valence-corrected chi connectivity index (χ2v) is 4.77. The molecule has 1 aliphatic heterocycles. The summed E-state index contributed by atoms with van der Waals surface area (Å²) in [5.41, 5.74) is 1.28. The Kier molecular flexibility index (Phi) is 6.14. The first-order valence-electron chi connectivity index (χ1n) is 6.35. The van der Waals surface area contributed by atoms with Crippen molar-refractivity contribution in [2.24, 2.45) is 0 Å². The number of piperidine rings is 1. The third-order valence-corrected chi connectivity index (χ3v) is 3.00. The third-order valence-electron chi connectivity index (χ3n) is 3.00. The number of hydrogen-bond acceptors (Lipinski definition) is 4. The molecule has 0 unspecified atom stereocenters. The summed E-state index contributed by atoms with van der Waals surface area (Å²) in [5, 5.41) is 28.0. The van der Waals surface area contributed by atoms with Crippen LogP contribution in [0.4, 0.5) is 0 Å². The zero-order valence-electron chi connectivity index (χ0n) is 11.2. The Morgan fingerprint density at radius 2 is 1.65 bits per heavy atom. The predicted octanol–water partition coefficient (Wildman–Crippen LogP) is 1.02. The van der Waals surface area contributed by atoms with Crippen LogP contribution in [-0.4, -0.2) is 39.4 Å². The molecule has 1 aromatic rings. The minimum absolute atomic E-state index is 0.156. The van der Waals surface area contributed by atoms with Crippen LogP contribution in [0.15, 0.2) is 30.3 Å². The number of aliphatic hydroxyl groups excluding tert-OH is 1. The number of aliphatic hydroxyl groups is 1. The van der Waals surface area contributed by atoms with Crippen LogP contribution in [0.3, 0.4) is 0 Å². The molecule has 1 aliphatic rings. The van der Waals surface area contributed by atoms with Crippen molar-refractivity contribution in [1.82, 2.24) is 5.32 Å². The molecule has 1 fully saturated rings. The maximum atomic E-state index is 9.67. The molecule has 6 heteroatoms. The van der Waals surface area contributed by atoms with Crippen LogP contribution in [0.1, 0.15) is 31.4 Å². The van der Waals surface area contributed by atoms with Gasteiger partial charge in [0.15, 0.2) is 0 Å². The maximum absolute atomic E-state index is 9.67. The van der Waals surface area contributed by atoms with E-state index in [2.05, 4.69) is 24.4 Å². The Hall–Kier alpha value is -1.92. The smallest absolute Gasteiger partial charge is 0.414 e. The lowest BCUT2D eigenvalue weighted by atomic mass is 9.92. The van der Waals surface area contributed by atoms with Gasteiger partial charge in [-0.15, -0.1) is 0 Å². The highest BCUT2D eigenvalue weighted by molar-refractivity contribution is 6.27. The lowest BCUT2D eigenvalue weighted by Crippen LogP contribution is -2.40. The zero-order chi connectivity index (χ0) is 15.1. The van der Waals surface area contributed by atoms with Gasteiger partial charge >= 0.3 is 11.9 Å². The highest BCUT2D eigenvalue weighted by atomic mass is 16.4. The quantitative estimate of drug-likeness (QED) is 0.572. The van der Waals surface area contributed by atoms with Gasteiger partial charge < -0.3 is 20.6 Å². The van der Waals surface area contributed by atoms with Gasteiger partial charge in [0.05, 0.1) is 6.10 Å². The van der Waals surface area contributed by atoms with E-state index in [1.165, 1.54) is 5.56 Å². The van der Waals surface area contributed by atoms with Crippen molar-refractivity contribution in [1.29, 1.82) is 0 Å². The molecular weight excluding hydrogens is 262 g/mol. The molecule has 1 aromatic carbocycles. The topological polar surface area (TPSA) is 107 Å². The molecule has 20 heavy (non-hydrogen) atoms. The van der Waals surface area contributed by atoms with Crippen LogP contribution in [0.25, 0.3) is 0 Å². The Morgan fingerprint density at radius 3 is 2.10 bits per heavy atom. The van der Waals surface area contributed by atoms with Crippen molar-refractivity contribution < 1.29 is 24.9 Å². The van der Waals surface area contributed by atoms with Gasteiger partial charge in [0.1, 0.15) is 0 Å². The SMILES string of the molecule is C[C@@H]1C[C@H](O)C[C@H](c2ccccc2)N1.O=C(O)C(=O)O. The van der Waals surface area contributed by atoms with Crippen LogP contribution in [0.2, 0.25) is 0 Å². The van der Waals surface area contributed by atoms with Crippen LogP contribution < -0.4 is 5.32 Å². The first kappa shape index (κ1) is 16.1. The first-order valence-corrected chi connectivity index (χ1v) is 6.35. The summed E-state index contributed by atoms with van der Waals surface area (Å²) in [6, 6.07) is 11.1. The van der Waals surface area contributed by atoms with E-state index in [0.29, 0.717) is 12.1 Å². The monoisotopic (exact) mass is 281 g/mol. The molecule has 0 aliphatic carbocycles. The van der Waals surface area contributed by atoms with E-state index in [4.69, 9.17) is 19.8 Å². The van der Waals surface area contributed by atoms with E-state index >= 15 is 0 Å². The molecule has 110 valence electrons. The summed E-state index contributed by atoms with van der Waals surface area (Å²) in [6.45, 7) is 2.12. The van der Waals surface area contributed by atoms with Crippen molar-refractivity contribution in [3.05, 3.63) is 35.9 Å². The van der Waals surface area contributed by atoms with E-state index in [1.54, 1.807) is 0 Å². The van der Waals surface area contributed by atoms with Crippen LogP contribution in [-0.2, 0) is 9.59 Å². The highest BCUT2D eigenvalue weighted by Gasteiger charge is 2.24. The summed E-state index contributed by atoms with van der Waals surface area (Å²) in [5.74, 6) is -3.65. The zero-order valence-corrected chi connectivity index (χ0v) is 11.2. The molecule has 0 aromatic heterocycles. The Labute approximate surface area is 117 Å². The van der Waals surface area contributed by atoms with Gasteiger partial charge in [-0.2, -0.15) is 0 Å². The van der Waals surface area contributed by atoms with Gasteiger partial charge in [-0.1, -0.05) is 30.3 Å². The molecule has 0 amide bonds. The standard InChI is InChI=1S/C12H17NO.C2H2O4/c1-9-7-11(14)8-12(13-9)10-5-3-2-4-6-10;3-1(4)2(5)6/h2-6,9,11-14H,7-8H2,1H3;(H,3,4)(H,5,6)/t9-,11+,12-;/m1./s1. The number of carboxylic acids is 2. The molecular formula is C14H19NO5. The van der Waals surface area contributed by atoms with E-state index < -0.39 is 11.9 Å². The van der Waals surface area contributed by atoms with E-state index in [0.717, 1.165) is 12.8 Å². The van der Waals surface area contributed by atoms with Gasteiger partial charge in [-0.05, 0) is 25.3 Å². The van der Waals surface area contributed by atoms with Crippen LogP contribution in [0, 0.1) is 0 Å². The van der Waals surface area contributed by atoms with Crippen molar-refractivity contribution >= 4 is 11.9 Å². The molecule has 0 radical (unpaired) electrons. The molecule has 4 N–H and O–H groups in total. The number of rotatable bonds is 1. The number of hydrogen-bond donors (Lipinski definition) is 4. The molecule has 0 spiro atoms. The first-order chi connectivity index (χ1) is 9.40. The molecule has 0 saturated carbocycles. The molecule has 0 bridgehead atoms. The Balaban J connectivity index is 0.000000286. The summed E-state index contributed by atoms with van der Waals surface area (Å²) in [4.78, 5) is 18.2. The fourth-order valence-corrected chi connectivity index (χ4v) is 2.17. The predicted molar refractivity (Wildman–Crippen MR) is 72.3 cm³/mol. The largest absolute Gasteiger partial charge is 0.473 e. The lowest BCUT2D eigenvalue weighted by molar-refractivity contribution is -0.159. The fourth-order valence-electron chi connectivity index (χ4n) is 2.17. The molecule has 6 nitrogen and oxygen atoms in total. The molecule has 1 heterocycles. The number of nitrogens with one attached hydrogen (secondary N) is 1. The average molecular weight is 281 g/mol. The highest BCUT2D eigenvalue weighted by Crippen LogP contribution is 2.25. The van der Waals surface area contributed by atoms with E-state index in [9.17, 15) is 5.11 Å². The minimum atomic E-state index is -1.82. The van der Waals surface area contributed by atoms with E-state index in [1.807, 2.05) is 18.2 Å². The Bertz CT molecular complexity index is 426. The summed E-state index contributed by atoms with van der Waals surface area (Å²) >= 11 is 0. The molecule has 2 rings (SSSR count). The van der Waals surface area contributed by atoms with Crippen LogP contribution >= 0.6 is 0 Å². The number of carboxylic acid groups (broad SMARTS) is 2. The second-order valence-electron chi connectivity index (χ2n) is 4.77. The average Bonchev–Trinajstić information content (AvgIpc) is 2.39. The third kappa shape index (κ3) is 5.38. The number of carbonyl (C=O) groups is 2. The van der Waals surface area contributed by atoms with Gasteiger partial charge in [0.2, 0.25) is 0 Å². The van der Waals surface area contributed by atoms with Gasteiger partial charge in [0, 0.05) is 12.1 Å². The number of aliphatic carboxylic acids is 2. The normalized spacial score (nSPS) is 25.2. The second kappa shape index (κ2) is 7.62. The molecule has 3 atom stereocenters. The fraction of sp³-hybridized carbons (Fsp3) is 0.429. The Morgan fingerprint density at radius 1 is 1.10 bits per heavy atom. The van der Waals surface area contributed by atoms with E-state index in [-0.39, 0.29) is 6.10 Å². The summed E-state index contributed by atoms with van der Waals surface area (Å²) in [6.07, 6.45) is 1.54. The van der Waals surface area contributed by atoms with Gasteiger partial charge in [-0.25, -0.2) is 9.59 Å². The van der Waals surface area contributed by atoms with Gasteiger partial charge in [0.25, 0.3) is 0 Å². The van der Waals surface area contributed by atoms with Crippen molar-refractivity contribution in [3.8, 4) is 0 Å². The lowest BCUT2D eigenvalue weighted by Gasteiger charge is -2.32. The minimum Gasteiger partial charge on any atom is -0.473 e.